The topological polar surface area (TPSA) is 180 Å². The third-order valence-electron chi connectivity index (χ3n) is 8.27. The minimum absolute atomic E-state index is 0.0145. The zero-order chi connectivity index (χ0) is 34.2. The first-order valence-electron chi connectivity index (χ1n) is 15.0. The van der Waals surface area contributed by atoms with Gasteiger partial charge in [0.2, 0.25) is 6.29 Å². The van der Waals surface area contributed by atoms with Gasteiger partial charge in [-0.1, -0.05) is 50.2 Å². The van der Waals surface area contributed by atoms with Crippen molar-refractivity contribution in [2.75, 3.05) is 12.4 Å². The summed E-state index contributed by atoms with van der Waals surface area (Å²) in [7, 11) is 1.38. The molecule has 1 aliphatic heterocycles. The number of carbonyl (C=O) groups is 2. The minimum atomic E-state index is -1.51. The van der Waals surface area contributed by atoms with Crippen LogP contribution >= 0.6 is 0 Å². The molecule has 0 unspecified atom stereocenters. The van der Waals surface area contributed by atoms with Gasteiger partial charge in [-0.2, -0.15) is 0 Å². The maximum absolute atomic E-state index is 13.3. The summed E-state index contributed by atoms with van der Waals surface area (Å²) in [6.45, 7) is 9.12. The Morgan fingerprint density at radius 2 is 1.72 bits per heavy atom. The maximum atomic E-state index is 13.3. The number of nitrogens with two attached hydrogens (primary N) is 1. The predicted octanol–water partition coefficient (Wildman–Crippen LogP) is 5.20. The number of hydrogen-bond acceptors (Lipinski definition) is 10. The van der Waals surface area contributed by atoms with Crippen molar-refractivity contribution in [1.29, 1.82) is 0 Å². The molecular weight excluding hydrogens is 608 g/mol. The normalized spacial score (nSPS) is 20.6. The zero-order valence-corrected chi connectivity index (χ0v) is 26.9. The minimum Gasteiger partial charge on any atom is -0.505 e. The summed E-state index contributed by atoms with van der Waals surface area (Å²) in [5, 5.41) is 24.7. The van der Waals surface area contributed by atoms with E-state index < -0.39 is 59.3 Å². The Morgan fingerprint density at radius 3 is 2.38 bits per heavy atom. The molecule has 5 N–H and O–H groups in total. The summed E-state index contributed by atoms with van der Waals surface area (Å²) in [4.78, 5) is 37.9. The van der Waals surface area contributed by atoms with Gasteiger partial charge < -0.3 is 44.6 Å². The molecular formula is C35H38N2O10. The molecule has 12 heteroatoms. The van der Waals surface area contributed by atoms with Crippen molar-refractivity contribution in [3.05, 3.63) is 87.8 Å². The summed E-state index contributed by atoms with van der Waals surface area (Å²) in [6, 6.07) is 17.9. The van der Waals surface area contributed by atoms with E-state index in [1.165, 1.54) is 19.2 Å². The summed E-state index contributed by atoms with van der Waals surface area (Å²) >= 11 is 0. The van der Waals surface area contributed by atoms with Gasteiger partial charge in [-0.3, -0.25) is 4.79 Å². The summed E-state index contributed by atoms with van der Waals surface area (Å²) in [5.74, 6) is -0.628. The summed E-state index contributed by atoms with van der Waals surface area (Å²) in [5.41, 5.74) is 6.20. The summed E-state index contributed by atoms with van der Waals surface area (Å²) < 4.78 is 28.0. The molecule has 47 heavy (non-hydrogen) atoms. The predicted molar refractivity (Wildman–Crippen MR) is 174 cm³/mol. The quantitative estimate of drug-likeness (QED) is 0.186. The number of fused-ring (bicyclic) bond motifs is 1. The molecule has 1 aromatic heterocycles. The van der Waals surface area contributed by atoms with E-state index in [-0.39, 0.29) is 22.3 Å². The van der Waals surface area contributed by atoms with Crippen LogP contribution in [-0.2, 0) is 14.2 Å². The van der Waals surface area contributed by atoms with Gasteiger partial charge in [0.05, 0.1) is 11.0 Å². The average molecular weight is 647 g/mol. The molecule has 4 aromatic rings. The lowest BCUT2D eigenvalue weighted by molar-refractivity contribution is -0.304. The molecule has 1 saturated heterocycles. The van der Waals surface area contributed by atoms with Crippen molar-refractivity contribution < 1.29 is 43.2 Å². The fraction of sp³-hybridized carbons (Fsp3) is 0.343. The van der Waals surface area contributed by atoms with Crippen molar-refractivity contribution >= 4 is 28.7 Å². The highest BCUT2D eigenvalue weighted by atomic mass is 16.7. The molecule has 2 heterocycles. The number of rotatable bonds is 8. The van der Waals surface area contributed by atoms with Crippen LogP contribution in [0.3, 0.4) is 0 Å². The van der Waals surface area contributed by atoms with E-state index in [9.17, 15) is 24.6 Å². The SMILES string of the molecule is CO[C@@H]1[C@@H](OC(N)=O)[C@@H](O)[C@H](Oc2ccc3c(O)c(NC(=O)c4cccc(-c5cccc(C(C)C)c5)c4)c(=O)oc3c2C)OC1(C)C. The fourth-order valence-corrected chi connectivity index (χ4v) is 5.78. The third kappa shape index (κ3) is 6.66. The maximum Gasteiger partial charge on any atom is 0.404 e. The average Bonchev–Trinajstić information content (AvgIpc) is 3.02. The molecule has 2 amide bonds. The van der Waals surface area contributed by atoms with Crippen molar-refractivity contribution in [3.8, 4) is 22.6 Å². The van der Waals surface area contributed by atoms with E-state index in [1.54, 1.807) is 39.0 Å². The number of methoxy groups -OCH3 is 1. The van der Waals surface area contributed by atoms with Gasteiger partial charge in [0.1, 0.15) is 17.4 Å². The van der Waals surface area contributed by atoms with Crippen LogP contribution in [0, 0.1) is 6.92 Å². The number of aromatic hydroxyl groups is 1. The Labute approximate surface area is 271 Å². The van der Waals surface area contributed by atoms with E-state index in [0.29, 0.717) is 11.5 Å². The lowest BCUT2D eigenvalue weighted by atomic mass is 9.89. The molecule has 0 saturated carbocycles. The van der Waals surface area contributed by atoms with Crippen LogP contribution in [0.4, 0.5) is 10.5 Å². The molecule has 5 rings (SSSR count). The van der Waals surface area contributed by atoms with Crippen LogP contribution in [0.1, 0.15) is 55.1 Å². The van der Waals surface area contributed by atoms with Gasteiger partial charge in [-0.05, 0) is 67.6 Å². The second-order valence-electron chi connectivity index (χ2n) is 12.2. The first kappa shape index (κ1) is 33.5. The zero-order valence-electron chi connectivity index (χ0n) is 26.9. The number of amides is 2. The lowest BCUT2D eigenvalue weighted by Crippen LogP contribution is -2.65. The van der Waals surface area contributed by atoms with Gasteiger partial charge in [0.25, 0.3) is 5.91 Å². The molecule has 4 atom stereocenters. The van der Waals surface area contributed by atoms with Crippen molar-refractivity contribution in [2.45, 2.75) is 70.7 Å². The highest BCUT2D eigenvalue weighted by Crippen LogP contribution is 2.38. The van der Waals surface area contributed by atoms with Crippen LogP contribution in [0.5, 0.6) is 11.5 Å². The second-order valence-corrected chi connectivity index (χ2v) is 12.2. The molecule has 0 radical (unpaired) electrons. The molecule has 1 fully saturated rings. The van der Waals surface area contributed by atoms with Crippen molar-refractivity contribution in [2.24, 2.45) is 5.73 Å². The van der Waals surface area contributed by atoms with Crippen LogP contribution in [0.15, 0.2) is 69.9 Å². The first-order chi connectivity index (χ1) is 22.2. The van der Waals surface area contributed by atoms with E-state index >= 15 is 0 Å². The molecule has 248 valence electrons. The number of primary amides is 1. The Hall–Kier alpha value is -4.91. The van der Waals surface area contributed by atoms with Crippen LogP contribution in [-0.4, -0.2) is 59.5 Å². The van der Waals surface area contributed by atoms with E-state index in [2.05, 4.69) is 25.2 Å². The van der Waals surface area contributed by atoms with Gasteiger partial charge in [0.15, 0.2) is 23.6 Å². The van der Waals surface area contributed by atoms with Gasteiger partial charge in [0, 0.05) is 18.2 Å². The largest absolute Gasteiger partial charge is 0.505 e. The molecule has 3 aromatic carbocycles. The van der Waals surface area contributed by atoms with E-state index in [4.69, 9.17) is 29.1 Å². The fourth-order valence-electron chi connectivity index (χ4n) is 5.78. The second kappa shape index (κ2) is 13.1. The molecule has 12 nitrogen and oxygen atoms in total. The number of anilines is 1. The lowest BCUT2D eigenvalue weighted by Gasteiger charge is -2.47. The van der Waals surface area contributed by atoms with E-state index in [1.807, 2.05) is 24.3 Å². The Bertz CT molecular complexity index is 1880. The highest BCUT2D eigenvalue weighted by Gasteiger charge is 2.53. The smallest absolute Gasteiger partial charge is 0.404 e. The number of benzene rings is 3. The molecule has 0 aliphatic carbocycles. The molecule has 0 bridgehead atoms. The number of aliphatic hydroxyl groups excluding tert-OH is 1. The van der Waals surface area contributed by atoms with Gasteiger partial charge in [-0.25, -0.2) is 9.59 Å². The third-order valence-corrected chi connectivity index (χ3v) is 8.27. The van der Waals surface area contributed by atoms with Crippen molar-refractivity contribution in [3.63, 3.8) is 0 Å². The monoisotopic (exact) mass is 646 g/mol. The van der Waals surface area contributed by atoms with Crippen LogP contribution in [0.2, 0.25) is 0 Å². The Morgan fingerprint density at radius 1 is 1.04 bits per heavy atom. The Balaban J connectivity index is 1.41. The van der Waals surface area contributed by atoms with Gasteiger partial charge in [-0.15, -0.1) is 0 Å². The highest BCUT2D eigenvalue weighted by molar-refractivity contribution is 6.07. The number of ether oxygens (including phenoxy) is 4. The number of carbonyl (C=O) groups excluding carboxylic acids is 2. The van der Waals surface area contributed by atoms with Crippen LogP contribution < -0.4 is 21.4 Å². The molecule has 0 spiro atoms. The number of hydrogen-bond donors (Lipinski definition) is 4. The molecule has 1 aliphatic rings. The Kier molecular flexibility index (Phi) is 9.30. The first-order valence-corrected chi connectivity index (χ1v) is 15.0. The number of aryl methyl sites for hydroxylation is 1. The number of aliphatic hydroxyl groups is 1. The number of nitrogens with one attached hydrogen (secondary N) is 1. The van der Waals surface area contributed by atoms with Gasteiger partial charge >= 0.3 is 11.7 Å². The van der Waals surface area contributed by atoms with Crippen LogP contribution in [0.25, 0.3) is 22.1 Å². The van der Waals surface area contributed by atoms with E-state index in [0.717, 1.165) is 16.7 Å². The summed E-state index contributed by atoms with van der Waals surface area (Å²) in [6.07, 6.45) is -6.06. The standard InChI is InChI=1S/C35H38N2O10/c1-17(2)19-9-7-10-20(15-19)21-11-8-12-22(16-21)31(40)37-25-26(38)23-13-14-24(18(3)28(23)45-32(25)41)44-33-27(39)29(46-34(36)42)30(43-6)35(4,5)47-33/h7-17,27,29-30,33,38-39H,1-6H3,(H2,36,42)(H,37,40)/t27-,29+,30-,33-/m1/s1. The van der Waals surface area contributed by atoms with Crippen molar-refractivity contribution in [1.82, 2.24) is 0 Å².